The van der Waals surface area contributed by atoms with E-state index in [9.17, 15) is 24.6 Å². The molecule has 4 aromatic rings. The minimum atomic E-state index is -1.39. The topological polar surface area (TPSA) is 119 Å². The van der Waals surface area contributed by atoms with E-state index in [1.165, 1.54) is 6.07 Å². The summed E-state index contributed by atoms with van der Waals surface area (Å²) < 4.78 is 18.3. The van der Waals surface area contributed by atoms with Crippen LogP contribution < -0.4 is 9.47 Å². The summed E-state index contributed by atoms with van der Waals surface area (Å²) in [5, 5.41) is 21.9. The molecular formula is C34H30Cl2O8. The summed E-state index contributed by atoms with van der Waals surface area (Å²) in [6, 6.07) is 17.4. The molecular weight excluding hydrogens is 607 g/mol. The zero-order valence-electron chi connectivity index (χ0n) is 24.1. The van der Waals surface area contributed by atoms with Gasteiger partial charge in [-0.05, 0) is 43.4 Å². The highest BCUT2D eigenvalue weighted by Gasteiger charge is 2.45. The molecule has 44 heavy (non-hydrogen) atoms. The van der Waals surface area contributed by atoms with Crippen LogP contribution in [0.15, 0.2) is 66.2 Å². The van der Waals surface area contributed by atoms with Crippen LogP contribution >= 0.6 is 23.2 Å². The number of carboxylic acids is 2. The van der Waals surface area contributed by atoms with Crippen molar-refractivity contribution in [3.05, 3.63) is 87.4 Å². The van der Waals surface area contributed by atoms with Crippen molar-refractivity contribution in [3.63, 3.8) is 0 Å². The van der Waals surface area contributed by atoms with Gasteiger partial charge in [0.15, 0.2) is 18.8 Å². The van der Waals surface area contributed by atoms with Crippen LogP contribution in [-0.2, 0) is 14.3 Å². The molecule has 228 valence electrons. The van der Waals surface area contributed by atoms with Gasteiger partial charge in [-0.3, -0.25) is 4.79 Å². The van der Waals surface area contributed by atoms with Gasteiger partial charge >= 0.3 is 11.9 Å². The SMILES string of the molecule is CCC1=C(c2cc(Cl)c3ccccc3c2OCC(=O)O)O[C@@](CC)(C(=O)c2cc(Cl)c3ccccc3c2OCC(=O)O)CC1. The first-order valence-electron chi connectivity index (χ1n) is 14.2. The Hall–Kier alpha value is -4.27. The number of ether oxygens (including phenoxy) is 3. The van der Waals surface area contributed by atoms with Gasteiger partial charge in [-0.25, -0.2) is 9.59 Å². The first-order valence-corrected chi connectivity index (χ1v) is 14.9. The number of ketones is 1. The van der Waals surface area contributed by atoms with E-state index in [1.807, 2.05) is 26.0 Å². The molecule has 4 aromatic carbocycles. The van der Waals surface area contributed by atoms with Crippen LogP contribution in [0.2, 0.25) is 10.0 Å². The van der Waals surface area contributed by atoms with Gasteiger partial charge < -0.3 is 24.4 Å². The summed E-state index contributed by atoms with van der Waals surface area (Å²) in [6.07, 6.45) is 1.70. The molecule has 1 aliphatic heterocycles. The van der Waals surface area contributed by atoms with Crippen LogP contribution in [0.4, 0.5) is 0 Å². The Kier molecular flexibility index (Phi) is 9.04. The third-order valence-electron chi connectivity index (χ3n) is 7.92. The third kappa shape index (κ3) is 5.79. The highest BCUT2D eigenvalue weighted by Crippen LogP contribution is 2.48. The molecule has 0 aromatic heterocycles. The third-order valence-corrected chi connectivity index (χ3v) is 8.54. The van der Waals surface area contributed by atoms with Gasteiger partial charge in [-0.1, -0.05) is 85.6 Å². The van der Waals surface area contributed by atoms with Gasteiger partial charge in [0.1, 0.15) is 17.3 Å². The Balaban J connectivity index is 1.67. The van der Waals surface area contributed by atoms with Crippen LogP contribution in [0, 0.1) is 0 Å². The molecule has 1 heterocycles. The number of halogens is 2. The van der Waals surface area contributed by atoms with Crippen molar-refractivity contribution < 1.29 is 38.8 Å². The summed E-state index contributed by atoms with van der Waals surface area (Å²) >= 11 is 13.4. The van der Waals surface area contributed by atoms with Gasteiger partial charge in [0.05, 0.1) is 11.1 Å². The Morgan fingerprint density at radius 1 is 0.818 bits per heavy atom. The molecule has 1 aliphatic rings. The van der Waals surface area contributed by atoms with Crippen LogP contribution in [0.3, 0.4) is 0 Å². The number of aliphatic carboxylic acids is 2. The number of carbonyl (C=O) groups excluding carboxylic acids is 1. The Labute approximate surface area is 263 Å². The molecule has 1 atom stereocenters. The molecule has 0 saturated heterocycles. The molecule has 5 rings (SSSR count). The molecule has 8 nitrogen and oxygen atoms in total. The van der Waals surface area contributed by atoms with E-state index in [4.69, 9.17) is 37.4 Å². The van der Waals surface area contributed by atoms with Gasteiger partial charge in [-0.2, -0.15) is 0 Å². The fourth-order valence-electron chi connectivity index (χ4n) is 5.71. The van der Waals surface area contributed by atoms with Crippen molar-refractivity contribution in [2.45, 2.75) is 45.1 Å². The van der Waals surface area contributed by atoms with Crippen LogP contribution in [0.5, 0.6) is 11.5 Å². The Bertz CT molecular complexity index is 1830. The molecule has 0 aliphatic carbocycles. The number of fused-ring (bicyclic) bond motifs is 2. The van der Waals surface area contributed by atoms with E-state index >= 15 is 0 Å². The molecule has 10 heteroatoms. The molecule has 2 N–H and O–H groups in total. The summed E-state index contributed by atoms with van der Waals surface area (Å²) in [5.74, 6) is -1.97. The summed E-state index contributed by atoms with van der Waals surface area (Å²) in [7, 11) is 0. The van der Waals surface area contributed by atoms with Gasteiger partial charge in [0.2, 0.25) is 5.78 Å². The average Bonchev–Trinajstić information content (AvgIpc) is 3.03. The minimum absolute atomic E-state index is 0.106. The monoisotopic (exact) mass is 636 g/mol. The van der Waals surface area contributed by atoms with Crippen LogP contribution in [-0.4, -0.2) is 46.7 Å². The number of allylic oxidation sites excluding steroid dienone is 1. The fraction of sp³-hybridized carbons (Fsp3) is 0.265. The van der Waals surface area contributed by atoms with E-state index in [-0.39, 0.29) is 23.5 Å². The van der Waals surface area contributed by atoms with Crippen molar-refractivity contribution in [2.24, 2.45) is 0 Å². The van der Waals surface area contributed by atoms with Crippen molar-refractivity contribution in [2.75, 3.05) is 13.2 Å². The summed E-state index contributed by atoms with van der Waals surface area (Å²) in [4.78, 5) is 37.6. The van der Waals surface area contributed by atoms with Crippen molar-refractivity contribution >= 4 is 68.2 Å². The number of benzene rings is 4. The van der Waals surface area contributed by atoms with Crippen molar-refractivity contribution in [1.82, 2.24) is 0 Å². The Morgan fingerprint density at radius 2 is 1.34 bits per heavy atom. The zero-order chi connectivity index (χ0) is 31.6. The highest BCUT2D eigenvalue weighted by molar-refractivity contribution is 6.37. The lowest BCUT2D eigenvalue weighted by atomic mass is 9.80. The quantitative estimate of drug-likeness (QED) is 0.158. The number of carboxylic acid groups (broad SMARTS) is 2. The van der Waals surface area contributed by atoms with Gasteiger partial charge in [0, 0.05) is 31.6 Å². The molecule has 0 radical (unpaired) electrons. The van der Waals surface area contributed by atoms with Crippen molar-refractivity contribution in [1.29, 1.82) is 0 Å². The Morgan fingerprint density at radius 3 is 1.89 bits per heavy atom. The van der Waals surface area contributed by atoms with E-state index in [0.717, 1.165) is 5.57 Å². The first-order chi connectivity index (χ1) is 21.1. The second-order valence-corrected chi connectivity index (χ2v) is 11.3. The van der Waals surface area contributed by atoms with Crippen molar-refractivity contribution in [3.8, 4) is 11.5 Å². The predicted molar refractivity (Wildman–Crippen MR) is 169 cm³/mol. The number of hydrogen-bond donors (Lipinski definition) is 2. The smallest absolute Gasteiger partial charge is 0.341 e. The second kappa shape index (κ2) is 12.8. The number of Topliss-reactive ketones (excluding diaryl/α,β-unsaturated/α-hetero) is 1. The zero-order valence-corrected chi connectivity index (χ0v) is 25.6. The molecule has 0 saturated carbocycles. The minimum Gasteiger partial charge on any atom is -0.480 e. The second-order valence-electron chi connectivity index (χ2n) is 10.5. The fourth-order valence-corrected chi connectivity index (χ4v) is 6.26. The largest absolute Gasteiger partial charge is 0.480 e. The lowest BCUT2D eigenvalue weighted by Gasteiger charge is -2.39. The lowest BCUT2D eigenvalue weighted by Crippen LogP contribution is -2.43. The average molecular weight is 638 g/mol. The molecule has 0 fully saturated rings. The standard InChI is InChI=1S/C34H30Cl2O8/c1-3-19-13-14-34(4-2,33(41)25-16-27(36)21-10-6-8-12-23(21)32(25)43-18-29(39)40)44-30(19)24-15-26(35)20-9-5-7-11-22(20)31(24)42-17-28(37)38/h5-12,15-16H,3-4,13-14,17-18H2,1-2H3,(H,37,38)(H,39,40)/t34-/m1/s1. The molecule has 0 unspecified atom stereocenters. The summed E-state index contributed by atoms with van der Waals surface area (Å²) in [5.41, 5.74) is 0.0712. The maximum absolute atomic E-state index is 14.6. The van der Waals surface area contributed by atoms with Gasteiger partial charge in [0.25, 0.3) is 0 Å². The van der Waals surface area contributed by atoms with E-state index in [2.05, 4.69) is 0 Å². The van der Waals surface area contributed by atoms with Gasteiger partial charge in [-0.15, -0.1) is 0 Å². The molecule has 0 bridgehead atoms. The molecule has 0 amide bonds. The van der Waals surface area contributed by atoms with Crippen LogP contribution in [0.1, 0.15) is 55.5 Å². The summed E-state index contributed by atoms with van der Waals surface area (Å²) in [6.45, 7) is 2.56. The number of rotatable bonds is 11. The van der Waals surface area contributed by atoms with E-state index < -0.39 is 36.5 Å². The first kappa shape index (κ1) is 31.2. The maximum Gasteiger partial charge on any atom is 0.341 e. The van der Waals surface area contributed by atoms with E-state index in [1.54, 1.807) is 42.5 Å². The maximum atomic E-state index is 14.6. The number of hydrogen-bond acceptors (Lipinski definition) is 6. The number of carbonyl (C=O) groups is 3. The lowest BCUT2D eigenvalue weighted by molar-refractivity contribution is -0.140. The van der Waals surface area contributed by atoms with Crippen LogP contribution in [0.25, 0.3) is 27.3 Å². The van der Waals surface area contributed by atoms with E-state index in [0.29, 0.717) is 62.2 Å². The molecule has 0 spiro atoms. The highest BCUT2D eigenvalue weighted by atomic mass is 35.5. The predicted octanol–water partition coefficient (Wildman–Crippen LogP) is 8.19. The normalized spacial score (nSPS) is 16.5.